The molecule has 0 saturated carbocycles. The Labute approximate surface area is 157 Å². The number of amides is 1. The second kappa shape index (κ2) is 8.40. The van der Waals surface area contributed by atoms with Gasteiger partial charge in [0.1, 0.15) is 12.4 Å². The van der Waals surface area contributed by atoms with Gasteiger partial charge in [0.05, 0.1) is 5.52 Å². The molecule has 0 aliphatic heterocycles. The van der Waals surface area contributed by atoms with Crippen molar-refractivity contribution in [1.82, 2.24) is 9.47 Å². The van der Waals surface area contributed by atoms with Crippen LogP contribution in [0.5, 0.6) is 5.75 Å². The molecule has 1 aromatic heterocycles. The summed E-state index contributed by atoms with van der Waals surface area (Å²) in [6.45, 7) is 4.84. The largest absolute Gasteiger partial charge is 0.490 e. The standard InChI is InChI=1S/C21H22N2O4/c1-3-14-26-17-10-8-16(9-11-17)15-22(2)20(24)12-13-23-18-6-4-5-7-19(18)27-21(23)25/h3-11H,1,12-15H2,2H3. The topological polar surface area (TPSA) is 64.7 Å². The third-order valence-electron chi connectivity index (χ3n) is 4.26. The lowest BCUT2D eigenvalue weighted by Gasteiger charge is -2.17. The fourth-order valence-electron chi connectivity index (χ4n) is 2.83. The van der Waals surface area contributed by atoms with E-state index in [1.807, 2.05) is 42.5 Å². The number of aryl methyl sites for hydroxylation is 1. The van der Waals surface area contributed by atoms with Crippen LogP contribution in [0.3, 0.4) is 0 Å². The van der Waals surface area contributed by atoms with Gasteiger partial charge in [0.25, 0.3) is 0 Å². The number of oxazole rings is 1. The third kappa shape index (κ3) is 4.47. The summed E-state index contributed by atoms with van der Waals surface area (Å²) in [5.41, 5.74) is 2.23. The molecular weight excluding hydrogens is 344 g/mol. The Kier molecular flexibility index (Phi) is 5.76. The van der Waals surface area contributed by atoms with Crippen molar-refractivity contribution in [2.24, 2.45) is 0 Å². The fourth-order valence-corrected chi connectivity index (χ4v) is 2.83. The highest BCUT2D eigenvalue weighted by Crippen LogP contribution is 2.15. The lowest BCUT2D eigenvalue weighted by molar-refractivity contribution is -0.130. The van der Waals surface area contributed by atoms with Crippen LogP contribution in [0.2, 0.25) is 0 Å². The smallest absolute Gasteiger partial charge is 0.419 e. The maximum atomic E-state index is 12.4. The number of fused-ring (bicyclic) bond motifs is 1. The van der Waals surface area contributed by atoms with Gasteiger partial charge in [-0.2, -0.15) is 0 Å². The first kappa shape index (κ1) is 18.5. The number of benzene rings is 2. The highest BCUT2D eigenvalue weighted by Gasteiger charge is 2.13. The molecule has 0 aliphatic carbocycles. The number of nitrogens with zero attached hydrogens (tertiary/aromatic N) is 2. The molecule has 0 saturated heterocycles. The van der Waals surface area contributed by atoms with E-state index < -0.39 is 5.76 Å². The molecule has 27 heavy (non-hydrogen) atoms. The zero-order valence-electron chi connectivity index (χ0n) is 15.3. The van der Waals surface area contributed by atoms with E-state index in [2.05, 4.69) is 6.58 Å². The molecule has 1 amide bonds. The Balaban J connectivity index is 1.58. The number of hydrogen-bond acceptors (Lipinski definition) is 4. The van der Waals surface area contributed by atoms with Crippen molar-refractivity contribution in [3.63, 3.8) is 0 Å². The van der Waals surface area contributed by atoms with Crippen molar-refractivity contribution in [3.8, 4) is 5.75 Å². The molecule has 6 heteroatoms. The van der Waals surface area contributed by atoms with Gasteiger partial charge in [0.15, 0.2) is 5.58 Å². The first-order valence-corrected chi connectivity index (χ1v) is 8.73. The summed E-state index contributed by atoms with van der Waals surface area (Å²) in [6, 6.07) is 14.8. The zero-order chi connectivity index (χ0) is 19.2. The van der Waals surface area contributed by atoms with Crippen molar-refractivity contribution in [3.05, 3.63) is 77.3 Å². The summed E-state index contributed by atoms with van der Waals surface area (Å²) in [6.07, 6.45) is 1.91. The Hall–Kier alpha value is -3.28. The number of aromatic nitrogens is 1. The van der Waals surface area contributed by atoms with Crippen molar-refractivity contribution in [2.75, 3.05) is 13.7 Å². The molecule has 0 unspecified atom stereocenters. The predicted octanol–water partition coefficient (Wildman–Crippen LogP) is 3.21. The van der Waals surface area contributed by atoms with Crippen molar-refractivity contribution in [2.45, 2.75) is 19.5 Å². The molecule has 6 nitrogen and oxygen atoms in total. The van der Waals surface area contributed by atoms with E-state index >= 15 is 0 Å². The minimum atomic E-state index is -0.443. The number of ether oxygens (including phenoxy) is 1. The van der Waals surface area contributed by atoms with E-state index in [0.717, 1.165) is 11.3 Å². The number of hydrogen-bond donors (Lipinski definition) is 0. The average Bonchev–Trinajstić information content (AvgIpc) is 3.00. The van der Waals surface area contributed by atoms with Gasteiger partial charge in [-0.15, -0.1) is 0 Å². The molecule has 0 bridgehead atoms. The van der Waals surface area contributed by atoms with E-state index in [4.69, 9.17) is 9.15 Å². The van der Waals surface area contributed by atoms with E-state index in [1.165, 1.54) is 4.57 Å². The minimum Gasteiger partial charge on any atom is -0.490 e. The summed E-state index contributed by atoms with van der Waals surface area (Å²) in [5.74, 6) is 0.278. The second-order valence-electron chi connectivity index (χ2n) is 6.23. The predicted molar refractivity (Wildman–Crippen MR) is 104 cm³/mol. The summed E-state index contributed by atoms with van der Waals surface area (Å²) in [4.78, 5) is 26.1. The lowest BCUT2D eigenvalue weighted by atomic mass is 10.2. The lowest BCUT2D eigenvalue weighted by Crippen LogP contribution is -2.28. The summed E-state index contributed by atoms with van der Waals surface area (Å²) in [5, 5.41) is 0. The number of carbonyl (C=O) groups is 1. The summed E-state index contributed by atoms with van der Waals surface area (Å²) < 4.78 is 12.1. The normalized spacial score (nSPS) is 10.7. The van der Waals surface area contributed by atoms with Crippen LogP contribution in [0, 0.1) is 0 Å². The highest BCUT2D eigenvalue weighted by atomic mass is 16.5. The van der Waals surface area contributed by atoms with Gasteiger partial charge in [-0.1, -0.05) is 36.9 Å². The van der Waals surface area contributed by atoms with Crippen LogP contribution in [0.1, 0.15) is 12.0 Å². The molecule has 0 radical (unpaired) electrons. The van der Waals surface area contributed by atoms with Crippen LogP contribution < -0.4 is 10.5 Å². The van der Waals surface area contributed by atoms with Crippen LogP contribution in [0.15, 0.2) is 70.4 Å². The molecule has 0 aliphatic rings. The van der Waals surface area contributed by atoms with Gasteiger partial charge >= 0.3 is 5.76 Å². The van der Waals surface area contributed by atoms with Crippen LogP contribution >= 0.6 is 0 Å². The number of carbonyl (C=O) groups excluding carboxylic acids is 1. The molecular formula is C21H22N2O4. The maximum absolute atomic E-state index is 12.4. The van der Waals surface area contributed by atoms with Crippen molar-refractivity contribution < 1.29 is 13.9 Å². The molecule has 3 rings (SSSR count). The Morgan fingerprint density at radius 1 is 1.22 bits per heavy atom. The van der Waals surface area contributed by atoms with Gasteiger partial charge in [-0.3, -0.25) is 9.36 Å². The highest BCUT2D eigenvalue weighted by molar-refractivity contribution is 5.76. The second-order valence-corrected chi connectivity index (χ2v) is 6.23. The third-order valence-corrected chi connectivity index (χ3v) is 4.26. The summed E-state index contributed by atoms with van der Waals surface area (Å²) >= 11 is 0. The molecule has 1 heterocycles. The molecule has 140 valence electrons. The van der Waals surface area contributed by atoms with Crippen LogP contribution in [0.4, 0.5) is 0 Å². The van der Waals surface area contributed by atoms with Crippen molar-refractivity contribution in [1.29, 1.82) is 0 Å². The molecule has 0 atom stereocenters. The molecule has 3 aromatic rings. The summed E-state index contributed by atoms with van der Waals surface area (Å²) in [7, 11) is 1.75. The van der Waals surface area contributed by atoms with Crippen LogP contribution in [-0.4, -0.2) is 29.0 Å². The molecule has 2 aromatic carbocycles. The quantitative estimate of drug-likeness (QED) is 0.574. The van der Waals surface area contributed by atoms with Gasteiger partial charge < -0.3 is 14.1 Å². The number of rotatable bonds is 8. The van der Waals surface area contributed by atoms with E-state index in [9.17, 15) is 9.59 Å². The molecule has 0 spiro atoms. The first-order valence-electron chi connectivity index (χ1n) is 8.73. The first-order chi connectivity index (χ1) is 13.1. The Morgan fingerprint density at radius 2 is 1.96 bits per heavy atom. The van der Waals surface area contributed by atoms with Gasteiger partial charge in [-0.25, -0.2) is 4.79 Å². The van der Waals surface area contributed by atoms with Crippen LogP contribution in [0.25, 0.3) is 11.1 Å². The maximum Gasteiger partial charge on any atom is 0.419 e. The fraction of sp³-hybridized carbons (Fsp3) is 0.238. The van der Waals surface area contributed by atoms with Gasteiger partial charge in [0, 0.05) is 26.6 Å². The van der Waals surface area contributed by atoms with E-state index in [1.54, 1.807) is 24.1 Å². The SMILES string of the molecule is C=CCOc1ccc(CN(C)C(=O)CCn2c(=O)oc3ccccc32)cc1. The average molecular weight is 366 g/mol. The monoisotopic (exact) mass is 366 g/mol. The zero-order valence-corrected chi connectivity index (χ0v) is 15.3. The van der Waals surface area contributed by atoms with Crippen LogP contribution in [-0.2, 0) is 17.9 Å². The Bertz CT molecular complexity index is 985. The van der Waals surface area contributed by atoms with E-state index in [-0.39, 0.29) is 18.9 Å². The molecule has 0 fully saturated rings. The van der Waals surface area contributed by atoms with Gasteiger partial charge in [0.2, 0.25) is 5.91 Å². The number of para-hydroxylation sites is 2. The Morgan fingerprint density at radius 3 is 2.70 bits per heavy atom. The minimum absolute atomic E-state index is 0.0424. The molecule has 0 N–H and O–H groups in total. The van der Waals surface area contributed by atoms with E-state index in [0.29, 0.717) is 24.3 Å². The van der Waals surface area contributed by atoms with Gasteiger partial charge in [-0.05, 0) is 29.8 Å². The van der Waals surface area contributed by atoms with Crippen molar-refractivity contribution >= 4 is 17.0 Å².